The van der Waals surface area contributed by atoms with Gasteiger partial charge in [-0.05, 0) is 44.4 Å². The Morgan fingerprint density at radius 2 is 2.10 bits per heavy atom. The summed E-state index contributed by atoms with van der Waals surface area (Å²) in [6, 6.07) is 11.8. The van der Waals surface area contributed by atoms with Crippen LogP contribution < -0.4 is 5.73 Å². The quantitative estimate of drug-likeness (QED) is 0.940. The molecule has 2 heterocycles. The van der Waals surface area contributed by atoms with Gasteiger partial charge in [-0.15, -0.1) is 0 Å². The number of pyridine rings is 1. The zero-order valence-electron chi connectivity index (χ0n) is 13.0. The molecule has 0 bridgehead atoms. The van der Waals surface area contributed by atoms with Crippen molar-refractivity contribution in [1.82, 2.24) is 9.88 Å². The highest BCUT2D eigenvalue weighted by Gasteiger charge is 2.27. The molecule has 2 aromatic rings. The van der Waals surface area contributed by atoms with Gasteiger partial charge >= 0.3 is 0 Å². The van der Waals surface area contributed by atoms with Gasteiger partial charge in [-0.1, -0.05) is 24.6 Å². The first-order chi connectivity index (χ1) is 10.2. The summed E-state index contributed by atoms with van der Waals surface area (Å²) in [6.07, 6.45) is 3.80. The van der Waals surface area contributed by atoms with Gasteiger partial charge in [0.05, 0.1) is 5.52 Å². The predicted octanol–water partition coefficient (Wildman–Crippen LogP) is 3.24. The zero-order valence-corrected chi connectivity index (χ0v) is 13.0. The normalized spacial score (nSPS) is 23.6. The minimum Gasteiger partial charge on any atom is -0.329 e. The number of piperidine rings is 1. The summed E-state index contributed by atoms with van der Waals surface area (Å²) in [5, 5.41) is 1.27. The first-order valence-corrected chi connectivity index (χ1v) is 8.00. The van der Waals surface area contributed by atoms with E-state index in [0.717, 1.165) is 24.3 Å². The molecule has 2 unspecified atom stereocenters. The van der Waals surface area contributed by atoms with Gasteiger partial charge in [0.15, 0.2) is 0 Å². The van der Waals surface area contributed by atoms with Crippen molar-refractivity contribution in [3.05, 3.63) is 41.6 Å². The fraction of sp³-hybridized carbons (Fsp3) is 0.500. The van der Waals surface area contributed by atoms with Crippen LogP contribution >= 0.6 is 0 Å². The average Bonchev–Trinajstić information content (AvgIpc) is 2.49. The van der Waals surface area contributed by atoms with E-state index in [9.17, 15) is 0 Å². The number of aryl methyl sites for hydroxylation is 1. The van der Waals surface area contributed by atoms with Crippen molar-refractivity contribution >= 4 is 10.9 Å². The van der Waals surface area contributed by atoms with Crippen molar-refractivity contribution in [2.24, 2.45) is 5.73 Å². The number of nitrogens with zero attached hydrogens (tertiary/aromatic N) is 2. The van der Waals surface area contributed by atoms with Gasteiger partial charge in [-0.25, -0.2) is 0 Å². The lowest BCUT2D eigenvalue weighted by Gasteiger charge is -2.40. The molecule has 1 aromatic heterocycles. The molecule has 1 fully saturated rings. The Labute approximate surface area is 127 Å². The van der Waals surface area contributed by atoms with Crippen LogP contribution in [0, 0.1) is 6.92 Å². The lowest BCUT2D eigenvalue weighted by atomic mass is 9.95. The molecule has 112 valence electrons. The van der Waals surface area contributed by atoms with E-state index in [-0.39, 0.29) is 0 Å². The fourth-order valence-corrected chi connectivity index (χ4v) is 3.60. The third-order valence-corrected chi connectivity index (χ3v) is 4.75. The number of rotatable bonds is 3. The van der Waals surface area contributed by atoms with Crippen molar-refractivity contribution in [3.8, 4) is 0 Å². The van der Waals surface area contributed by atoms with E-state index in [1.807, 2.05) is 0 Å². The summed E-state index contributed by atoms with van der Waals surface area (Å²) < 4.78 is 0. The van der Waals surface area contributed by atoms with Crippen molar-refractivity contribution in [2.45, 2.75) is 51.7 Å². The summed E-state index contributed by atoms with van der Waals surface area (Å²) in [6.45, 7) is 6.15. The molecule has 0 aliphatic carbocycles. The van der Waals surface area contributed by atoms with Gasteiger partial charge in [-0.3, -0.25) is 9.88 Å². The molecule has 0 amide bonds. The highest BCUT2D eigenvalue weighted by Crippen LogP contribution is 2.27. The van der Waals surface area contributed by atoms with Crippen LogP contribution in [0.5, 0.6) is 0 Å². The van der Waals surface area contributed by atoms with Crippen LogP contribution in [0.25, 0.3) is 10.9 Å². The number of hydrogen-bond donors (Lipinski definition) is 1. The molecule has 1 aliphatic heterocycles. The number of para-hydroxylation sites is 1. The second kappa shape index (κ2) is 6.12. The minimum absolute atomic E-state index is 0.515. The van der Waals surface area contributed by atoms with E-state index in [4.69, 9.17) is 5.73 Å². The van der Waals surface area contributed by atoms with Crippen molar-refractivity contribution < 1.29 is 0 Å². The Morgan fingerprint density at radius 1 is 1.29 bits per heavy atom. The Kier molecular flexibility index (Phi) is 4.22. The maximum atomic E-state index is 6.00. The van der Waals surface area contributed by atoms with E-state index in [2.05, 4.69) is 54.1 Å². The Bertz CT molecular complexity index is 623. The van der Waals surface area contributed by atoms with Crippen LogP contribution in [0.1, 0.15) is 37.4 Å². The maximum absolute atomic E-state index is 6.00. The summed E-state index contributed by atoms with van der Waals surface area (Å²) in [5.74, 6) is 0. The number of likely N-dealkylation sites (tertiary alicyclic amines) is 1. The second-order valence-electron chi connectivity index (χ2n) is 6.28. The molecular formula is C18H25N3. The molecular weight excluding hydrogens is 258 g/mol. The van der Waals surface area contributed by atoms with Crippen molar-refractivity contribution in [1.29, 1.82) is 0 Å². The average molecular weight is 283 g/mol. The van der Waals surface area contributed by atoms with E-state index in [1.165, 1.54) is 30.2 Å². The first kappa shape index (κ1) is 14.5. The number of aromatic nitrogens is 1. The van der Waals surface area contributed by atoms with E-state index in [0.29, 0.717) is 12.1 Å². The standard InChI is InChI=1S/C18H25N3/c1-13-10-15(17-8-3-4-9-18(17)20-13)12-21-14(2)6-5-7-16(21)11-19/h3-4,8-10,14,16H,5-7,11-12,19H2,1-2H3. The molecule has 1 aromatic carbocycles. The summed E-state index contributed by atoms with van der Waals surface area (Å²) in [4.78, 5) is 7.23. The lowest BCUT2D eigenvalue weighted by Crippen LogP contribution is -2.48. The Balaban J connectivity index is 1.96. The molecule has 2 N–H and O–H groups in total. The summed E-state index contributed by atoms with van der Waals surface area (Å²) >= 11 is 0. The lowest BCUT2D eigenvalue weighted by molar-refractivity contribution is 0.0896. The van der Waals surface area contributed by atoms with Gasteiger partial charge in [-0.2, -0.15) is 0 Å². The smallest absolute Gasteiger partial charge is 0.0708 e. The van der Waals surface area contributed by atoms with Crippen LogP contribution in [-0.4, -0.2) is 28.5 Å². The van der Waals surface area contributed by atoms with Crippen LogP contribution in [-0.2, 0) is 6.54 Å². The second-order valence-corrected chi connectivity index (χ2v) is 6.28. The monoisotopic (exact) mass is 283 g/mol. The molecule has 3 rings (SSSR count). The fourth-order valence-electron chi connectivity index (χ4n) is 3.60. The summed E-state index contributed by atoms with van der Waals surface area (Å²) in [5.41, 5.74) is 9.57. The van der Waals surface area contributed by atoms with Crippen LogP contribution in [0.2, 0.25) is 0 Å². The number of nitrogens with two attached hydrogens (primary N) is 1. The maximum Gasteiger partial charge on any atom is 0.0708 e. The summed E-state index contributed by atoms with van der Waals surface area (Å²) in [7, 11) is 0. The number of hydrogen-bond acceptors (Lipinski definition) is 3. The molecule has 0 saturated carbocycles. The third kappa shape index (κ3) is 2.94. The van der Waals surface area contributed by atoms with Gasteiger partial charge < -0.3 is 5.73 Å². The minimum atomic E-state index is 0.515. The number of benzene rings is 1. The Morgan fingerprint density at radius 3 is 2.90 bits per heavy atom. The number of fused-ring (bicyclic) bond motifs is 1. The van der Waals surface area contributed by atoms with Gasteiger partial charge in [0.25, 0.3) is 0 Å². The van der Waals surface area contributed by atoms with E-state index < -0.39 is 0 Å². The van der Waals surface area contributed by atoms with E-state index in [1.54, 1.807) is 0 Å². The van der Waals surface area contributed by atoms with Crippen LogP contribution in [0.3, 0.4) is 0 Å². The van der Waals surface area contributed by atoms with Gasteiger partial charge in [0.2, 0.25) is 0 Å². The molecule has 21 heavy (non-hydrogen) atoms. The molecule has 1 aliphatic rings. The third-order valence-electron chi connectivity index (χ3n) is 4.75. The SMILES string of the molecule is Cc1cc(CN2C(C)CCCC2CN)c2ccccc2n1. The molecule has 3 heteroatoms. The van der Waals surface area contributed by atoms with Crippen molar-refractivity contribution in [3.63, 3.8) is 0 Å². The molecule has 3 nitrogen and oxygen atoms in total. The predicted molar refractivity (Wildman–Crippen MR) is 88.2 cm³/mol. The van der Waals surface area contributed by atoms with E-state index >= 15 is 0 Å². The van der Waals surface area contributed by atoms with Gasteiger partial charge in [0.1, 0.15) is 0 Å². The topological polar surface area (TPSA) is 42.1 Å². The molecule has 1 saturated heterocycles. The van der Waals surface area contributed by atoms with Crippen LogP contribution in [0.4, 0.5) is 0 Å². The molecule has 2 atom stereocenters. The zero-order chi connectivity index (χ0) is 14.8. The highest BCUT2D eigenvalue weighted by atomic mass is 15.2. The molecule has 0 radical (unpaired) electrons. The largest absolute Gasteiger partial charge is 0.329 e. The Hall–Kier alpha value is -1.45. The van der Waals surface area contributed by atoms with Crippen molar-refractivity contribution in [2.75, 3.05) is 6.54 Å². The molecule has 0 spiro atoms. The van der Waals surface area contributed by atoms with Crippen LogP contribution in [0.15, 0.2) is 30.3 Å². The first-order valence-electron chi connectivity index (χ1n) is 8.00. The highest BCUT2D eigenvalue weighted by molar-refractivity contribution is 5.82. The van der Waals surface area contributed by atoms with Gasteiger partial charge in [0, 0.05) is 36.3 Å².